The summed E-state index contributed by atoms with van der Waals surface area (Å²) < 4.78 is 4.40. The van der Waals surface area contributed by atoms with Crippen molar-refractivity contribution in [1.82, 2.24) is 5.32 Å². The number of carbonyl (C=O) groups excluding carboxylic acids is 1. The average Bonchev–Trinajstić information content (AvgIpc) is 1.84. The van der Waals surface area contributed by atoms with E-state index in [0.29, 0.717) is 0 Å². The smallest absolute Gasteiger partial charge is 0.407 e. The highest BCUT2D eigenvalue weighted by molar-refractivity contribution is 5.85. The summed E-state index contributed by atoms with van der Waals surface area (Å²) in [4.78, 5) is 10.5. The van der Waals surface area contributed by atoms with Crippen LogP contribution in [0.4, 0.5) is 4.79 Å². The fraction of sp³-hybridized carbons (Fsp3) is 0.833. The van der Waals surface area contributed by atoms with Crippen molar-refractivity contribution >= 4 is 18.5 Å². The topological polar surface area (TPSA) is 64.3 Å². The predicted molar refractivity (Wildman–Crippen MR) is 43.8 cm³/mol. The molecule has 1 aliphatic carbocycles. The van der Waals surface area contributed by atoms with Gasteiger partial charge in [-0.15, -0.1) is 12.4 Å². The summed E-state index contributed by atoms with van der Waals surface area (Å²) in [6.45, 7) is 0. The summed E-state index contributed by atoms with van der Waals surface area (Å²) in [7, 11) is 1.36. The number of rotatable bonds is 1. The molecule has 0 bridgehead atoms. The number of hydrogen-bond donors (Lipinski definition) is 2. The van der Waals surface area contributed by atoms with Gasteiger partial charge in [0, 0.05) is 12.1 Å². The zero-order valence-electron chi connectivity index (χ0n) is 6.37. The molecule has 0 aliphatic heterocycles. The Morgan fingerprint density at radius 2 is 2.18 bits per heavy atom. The highest BCUT2D eigenvalue weighted by atomic mass is 35.5. The molecule has 1 rings (SSSR count). The average molecular weight is 181 g/mol. The molecule has 0 aromatic carbocycles. The third-order valence-corrected chi connectivity index (χ3v) is 1.68. The lowest BCUT2D eigenvalue weighted by Crippen LogP contribution is -2.50. The number of methoxy groups -OCH3 is 1. The van der Waals surface area contributed by atoms with Crippen LogP contribution in [0.1, 0.15) is 12.8 Å². The Labute approximate surface area is 71.9 Å². The molecule has 66 valence electrons. The summed E-state index contributed by atoms with van der Waals surface area (Å²) in [5, 5.41) is 2.66. The Kier molecular flexibility index (Phi) is 4.22. The minimum Gasteiger partial charge on any atom is -0.453 e. The minimum absolute atomic E-state index is 0. The van der Waals surface area contributed by atoms with E-state index < -0.39 is 0 Å². The molecule has 1 aliphatic rings. The van der Waals surface area contributed by atoms with E-state index in [9.17, 15) is 4.79 Å². The van der Waals surface area contributed by atoms with Crippen molar-refractivity contribution in [2.45, 2.75) is 24.9 Å². The van der Waals surface area contributed by atoms with Crippen molar-refractivity contribution < 1.29 is 9.53 Å². The molecule has 0 spiro atoms. The molecular weight excluding hydrogens is 168 g/mol. The fourth-order valence-electron chi connectivity index (χ4n) is 1.01. The quantitative estimate of drug-likeness (QED) is 0.608. The molecule has 1 saturated carbocycles. The predicted octanol–water partition coefficient (Wildman–Crippen LogP) is 0.254. The minimum atomic E-state index is -0.364. The van der Waals surface area contributed by atoms with Crippen LogP contribution >= 0.6 is 12.4 Å². The number of carbonyl (C=O) groups is 1. The monoisotopic (exact) mass is 180 g/mol. The van der Waals surface area contributed by atoms with Crippen LogP contribution in [0.5, 0.6) is 0 Å². The standard InChI is InChI=1S/C6H12N2O2.ClH/c1-10-6(9)8-5-2-4(7)3-5;/h4-5H,2-3,7H2,1H3,(H,8,9);1H. The van der Waals surface area contributed by atoms with Crippen LogP contribution in [0, 0.1) is 0 Å². The van der Waals surface area contributed by atoms with Crippen LogP contribution < -0.4 is 11.1 Å². The first-order chi connectivity index (χ1) is 4.72. The van der Waals surface area contributed by atoms with Gasteiger partial charge in [-0.3, -0.25) is 0 Å². The second kappa shape index (κ2) is 4.41. The fourth-order valence-corrected chi connectivity index (χ4v) is 1.01. The van der Waals surface area contributed by atoms with Gasteiger partial charge in [-0.25, -0.2) is 4.79 Å². The number of nitrogens with one attached hydrogen (secondary N) is 1. The van der Waals surface area contributed by atoms with Crippen molar-refractivity contribution in [1.29, 1.82) is 0 Å². The maximum absolute atomic E-state index is 10.5. The Bertz CT molecular complexity index is 137. The number of alkyl carbamates (subject to hydrolysis) is 1. The molecular formula is C6H13ClN2O2. The van der Waals surface area contributed by atoms with Gasteiger partial charge in [0.25, 0.3) is 0 Å². The van der Waals surface area contributed by atoms with Gasteiger partial charge in [0.05, 0.1) is 7.11 Å². The Morgan fingerprint density at radius 1 is 1.64 bits per heavy atom. The first-order valence-corrected chi connectivity index (χ1v) is 3.32. The van der Waals surface area contributed by atoms with E-state index in [2.05, 4.69) is 10.1 Å². The lowest BCUT2D eigenvalue weighted by Gasteiger charge is -2.32. The van der Waals surface area contributed by atoms with Gasteiger partial charge in [-0.05, 0) is 12.8 Å². The maximum atomic E-state index is 10.5. The van der Waals surface area contributed by atoms with Crippen LogP contribution in [0.3, 0.4) is 0 Å². The number of nitrogens with two attached hydrogens (primary N) is 1. The van der Waals surface area contributed by atoms with Crippen LogP contribution in [0.25, 0.3) is 0 Å². The number of ether oxygens (including phenoxy) is 1. The van der Waals surface area contributed by atoms with Gasteiger partial charge in [0.15, 0.2) is 0 Å². The van der Waals surface area contributed by atoms with Gasteiger partial charge >= 0.3 is 6.09 Å². The molecule has 0 heterocycles. The van der Waals surface area contributed by atoms with Gasteiger partial charge in [0.1, 0.15) is 0 Å². The molecule has 0 radical (unpaired) electrons. The van der Waals surface area contributed by atoms with E-state index in [1.165, 1.54) is 7.11 Å². The molecule has 11 heavy (non-hydrogen) atoms. The van der Waals surface area contributed by atoms with E-state index in [0.717, 1.165) is 12.8 Å². The van der Waals surface area contributed by atoms with Crippen LogP contribution in [0.15, 0.2) is 0 Å². The number of halogens is 1. The zero-order chi connectivity index (χ0) is 7.56. The Hall–Kier alpha value is -0.480. The number of amides is 1. The van der Waals surface area contributed by atoms with Gasteiger partial charge < -0.3 is 15.8 Å². The molecule has 3 N–H and O–H groups in total. The Morgan fingerprint density at radius 3 is 2.55 bits per heavy atom. The highest BCUT2D eigenvalue weighted by Crippen LogP contribution is 2.16. The summed E-state index contributed by atoms with van der Waals surface area (Å²) in [6.07, 6.45) is 1.38. The van der Waals surface area contributed by atoms with Crippen molar-refractivity contribution in [3.8, 4) is 0 Å². The lowest BCUT2D eigenvalue weighted by atomic mass is 9.88. The molecule has 0 aromatic heterocycles. The lowest BCUT2D eigenvalue weighted by molar-refractivity contribution is 0.157. The molecule has 1 fully saturated rings. The third kappa shape index (κ3) is 2.95. The largest absolute Gasteiger partial charge is 0.453 e. The van der Waals surface area contributed by atoms with Gasteiger partial charge in [-0.2, -0.15) is 0 Å². The highest BCUT2D eigenvalue weighted by Gasteiger charge is 2.27. The van der Waals surface area contributed by atoms with Crippen molar-refractivity contribution in [2.24, 2.45) is 5.73 Å². The van der Waals surface area contributed by atoms with Crippen molar-refractivity contribution in [2.75, 3.05) is 7.11 Å². The molecule has 0 aromatic rings. The molecule has 1 amide bonds. The molecule has 4 nitrogen and oxygen atoms in total. The summed E-state index contributed by atoms with van der Waals surface area (Å²) >= 11 is 0. The molecule has 5 heteroatoms. The van der Waals surface area contributed by atoms with Crippen LogP contribution in [-0.2, 0) is 4.74 Å². The van der Waals surface area contributed by atoms with Crippen LogP contribution in [0.2, 0.25) is 0 Å². The Balaban J connectivity index is 0.000001000. The third-order valence-electron chi connectivity index (χ3n) is 1.68. The van der Waals surface area contributed by atoms with E-state index in [-0.39, 0.29) is 30.6 Å². The van der Waals surface area contributed by atoms with E-state index in [1.807, 2.05) is 0 Å². The zero-order valence-corrected chi connectivity index (χ0v) is 7.19. The maximum Gasteiger partial charge on any atom is 0.407 e. The number of hydrogen-bond acceptors (Lipinski definition) is 3. The molecule has 0 atom stereocenters. The molecule has 0 unspecified atom stereocenters. The first-order valence-electron chi connectivity index (χ1n) is 3.32. The van der Waals surface area contributed by atoms with Crippen LogP contribution in [-0.4, -0.2) is 25.3 Å². The van der Waals surface area contributed by atoms with E-state index in [4.69, 9.17) is 5.73 Å². The SMILES string of the molecule is COC(=O)NC1CC(N)C1.Cl. The summed E-state index contributed by atoms with van der Waals surface area (Å²) in [6, 6.07) is 0.504. The van der Waals surface area contributed by atoms with Gasteiger partial charge in [-0.1, -0.05) is 0 Å². The normalized spacial score (nSPS) is 27.8. The van der Waals surface area contributed by atoms with E-state index in [1.54, 1.807) is 0 Å². The summed E-state index contributed by atoms with van der Waals surface area (Å²) in [5.41, 5.74) is 5.49. The van der Waals surface area contributed by atoms with Crippen molar-refractivity contribution in [3.63, 3.8) is 0 Å². The second-order valence-corrected chi connectivity index (χ2v) is 2.56. The first kappa shape index (κ1) is 10.5. The molecule has 0 saturated heterocycles. The second-order valence-electron chi connectivity index (χ2n) is 2.56. The van der Waals surface area contributed by atoms with Crippen molar-refractivity contribution in [3.05, 3.63) is 0 Å². The summed E-state index contributed by atoms with van der Waals surface area (Å²) in [5.74, 6) is 0. The van der Waals surface area contributed by atoms with E-state index >= 15 is 0 Å². The van der Waals surface area contributed by atoms with Gasteiger partial charge in [0.2, 0.25) is 0 Å².